The summed E-state index contributed by atoms with van der Waals surface area (Å²) in [4.78, 5) is 5.40. The second kappa shape index (κ2) is 5.50. The zero-order chi connectivity index (χ0) is 13.3. The molecule has 2 unspecified atom stereocenters. The Kier molecular flexibility index (Phi) is 4.38. The first-order valence-electron chi connectivity index (χ1n) is 7.81. The fraction of sp³-hybridized carbons (Fsp3) is 1.00. The highest BCUT2D eigenvalue weighted by Crippen LogP contribution is 2.33. The zero-order valence-corrected chi connectivity index (χ0v) is 13.1. The summed E-state index contributed by atoms with van der Waals surface area (Å²) in [6, 6.07) is 0.735. The SMILES string of the molecule is CC(C)N1CCC2CN(CC(C)(C)C)CCC2C1. The van der Waals surface area contributed by atoms with Crippen molar-refractivity contribution in [3.05, 3.63) is 0 Å². The van der Waals surface area contributed by atoms with Crippen molar-refractivity contribution in [1.82, 2.24) is 9.80 Å². The predicted octanol–water partition coefficient (Wildman–Crippen LogP) is 3.08. The lowest BCUT2D eigenvalue weighted by atomic mass is 9.79. The molecular weight excluding hydrogens is 220 g/mol. The number of rotatable bonds is 2. The van der Waals surface area contributed by atoms with Crippen LogP contribution in [0.4, 0.5) is 0 Å². The summed E-state index contributed by atoms with van der Waals surface area (Å²) in [7, 11) is 0. The molecule has 0 aromatic heterocycles. The minimum atomic E-state index is 0.450. The van der Waals surface area contributed by atoms with E-state index < -0.39 is 0 Å². The van der Waals surface area contributed by atoms with E-state index in [1.54, 1.807) is 0 Å². The van der Waals surface area contributed by atoms with Gasteiger partial charge in [0.25, 0.3) is 0 Å². The third kappa shape index (κ3) is 3.71. The molecule has 0 aromatic rings. The largest absolute Gasteiger partial charge is 0.303 e. The maximum atomic E-state index is 2.71. The molecule has 2 atom stereocenters. The smallest absolute Gasteiger partial charge is 0.00387 e. The van der Waals surface area contributed by atoms with Crippen molar-refractivity contribution in [3.8, 4) is 0 Å². The van der Waals surface area contributed by atoms with Crippen molar-refractivity contribution < 1.29 is 0 Å². The van der Waals surface area contributed by atoms with Crippen LogP contribution >= 0.6 is 0 Å². The van der Waals surface area contributed by atoms with Crippen LogP contribution in [-0.2, 0) is 0 Å². The lowest BCUT2D eigenvalue weighted by Gasteiger charge is -2.47. The number of likely N-dealkylation sites (tertiary alicyclic amines) is 2. The first-order chi connectivity index (χ1) is 8.35. The van der Waals surface area contributed by atoms with Crippen LogP contribution in [0.25, 0.3) is 0 Å². The number of fused-ring (bicyclic) bond motifs is 1. The highest BCUT2D eigenvalue weighted by Gasteiger charge is 2.35. The average molecular weight is 252 g/mol. The second-order valence-electron chi connectivity index (χ2n) is 7.98. The quantitative estimate of drug-likeness (QED) is 0.745. The summed E-state index contributed by atoms with van der Waals surface area (Å²) >= 11 is 0. The van der Waals surface area contributed by atoms with Crippen LogP contribution < -0.4 is 0 Å². The molecule has 0 radical (unpaired) electrons. The van der Waals surface area contributed by atoms with Crippen LogP contribution in [0.2, 0.25) is 0 Å². The third-order valence-corrected chi connectivity index (χ3v) is 4.66. The Morgan fingerprint density at radius 1 is 1.00 bits per heavy atom. The van der Waals surface area contributed by atoms with Gasteiger partial charge >= 0.3 is 0 Å². The van der Waals surface area contributed by atoms with Gasteiger partial charge < -0.3 is 9.80 Å². The van der Waals surface area contributed by atoms with Crippen molar-refractivity contribution in [1.29, 1.82) is 0 Å². The van der Waals surface area contributed by atoms with Gasteiger partial charge in [0.2, 0.25) is 0 Å². The summed E-state index contributed by atoms with van der Waals surface area (Å²) in [6.45, 7) is 18.4. The molecule has 2 aliphatic rings. The van der Waals surface area contributed by atoms with E-state index in [4.69, 9.17) is 0 Å². The van der Waals surface area contributed by atoms with E-state index in [0.717, 1.165) is 17.9 Å². The second-order valence-corrected chi connectivity index (χ2v) is 7.98. The lowest BCUT2D eigenvalue weighted by molar-refractivity contribution is 0.0197. The van der Waals surface area contributed by atoms with Gasteiger partial charge in [0, 0.05) is 25.7 Å². The van der Waals surface area contributed by atoms with Gasteiger partial charge in [0.1, 0.15) is 0 Å². The molecule has 0 aliphatic carbocycles. The molecular formula is C16H32N2. The van der Waals surface area contributed by atoms with E-state index in [-0.39, 0.29) is 0 Å². The Morgan fingerprint density at radius 3 is 2.22 bits per heavy atom. The molecule has 2 fully saturated rings. The Balaban J connectivity index is 1.86. The minimum absolute atomic E-state index is 0.450. The van der Waals surface area contributed by atoms with Crippen LogP contribution in [-0.4, -0.2) is 48.6 Å². The van der Waals surface area contributed by atoms with Gasteiger partial charge in [-0.25, -0.2) is 0 Å². The standard InChI is InChI=1S/C16H32N2/c1-13(2)18-9-7-14-10-17(12-16(3,4)5)8-6-15(14)11-18/h13-15H,6-12H2,1-5H3. The Hall–Kier alpha value is -0.0800. The van der Waals surface area contributed by atoms with E-state index in [0.29, 0.717) is 5.41 Å². The molecule has 0 spiro atoms. The summed E-state index contributed by atoms with van der Waals surface area (Å²) < 4.78 is 0. The topological polar surface area (TPSA) is 6.48 Å². The fourth-order valence-electron chi connectivity index (χ4n) is 3.73. The average Bonchev–Trinajstić information content (AvgIpc) is 2.26. The molecule has 106 valence electrons. The molecule has 2 saturated heterocycles. The van der Waals surface area contributed by atoms with Gasteiger partial charge in [0.05, 0.1) is 0 Å². The molecule has 18 heavy (non-hydrogen) atoms. The minimum Gasteiger partial charge on any atom is -0.303 e. The zero-order valence-electron chi connectivity index (χ0n) is 13.1. The fourth-order valence-corrected chi connectivity index (χ4v) is 3.73. The molecule has 2 rings (SSSR count). The molecule has 2 heteroatoms. The first-order valence-corrected chi connectivity index (χ1v) is 7.81. The van der Waals surface area contributed by atoms with E-state index in [9.17, 15) is 0 Å². The van der Waals surface area contributed by atoms with E-state index >= 15 is 0 Å². The van der Waals surface area contributed by atoms with Crippen LogP contribution in [0.5, 0.6) is 0 Å². The Labute approximate surface area is 114 Å². The van der Waals surface area contributed by atoms with Gasteiger partial charge in [-0.3, -0.25) is 0 Å². The van der Waals surface area contributed by atoms with Crippen molar-refractivity contribution >= 4 is 0 Å². The maximum Gasteiger partial charge on any atom is 0.00387 e. The molecule has 0 aromatic carbocycles. The lowest BCUT2D eigenvalue weighted by Crippen LogP contribution is -2.52. The Morgan fingerprint density at radius 2 is 1.61 bits per heavy atom. The summed E-state index contributed by atoms with van der Waals surface area (Å²) in [5.41, 5.74) is 0.450. The maximum absolute atomic E-state index is 2.71. The van der Waals surface area contributed by atoms with E-state index in [1.807, 2.05) is 0 Å². The predicted molar refractivity (Wildman–Crippen MR) is 78.8 cm³/mol. The molecule has 0 saturated carbocycles. The number of nitrogens with zero attached hydrogens (tertiary/aromatic N) is 2. The first kappa shape index (κ1) is 14.3. The number of hydrogen-bond acceptors (Lipinski definition) is 2. The van der Waals surface area contributed by atoms with Gasteiger partial charge in [-0.05, 0) is 57.0 Å². The molecule has 2 aliphatic heterocycles. The van der Waals surface area contributed by atoms with Crippen LogP contribution in [0.3, 0.4) is 0 Å². The van der Waals surface area contributed by atoms with Gasteiger partial charge in [0.15, 0.2) is 0 Å². The summed E-state index contributed by atoms with van der Waals surface area (Å²) in [5, 5.41) is 0. The van der Waals surface area contributed by atoms with Crippen molar-refractivity contribution in [2.24, 2.45) is 17.3 Å². The van der Waals surface area contributed by atoms with Crippen LogP contribution in [0.1, 0.15) is 47.5 Å². The van der Waals surface area contributed by atoms with Crippen molar-refractivity contribution in [3.63, 3.8) is 0 Å². The number of hydrogen-bond donors (Lipinski definition) is 0. The summed E-state index contributed by atoms with van der Waals surface area (Å²) in [5.74, 6) is 1.94. The van der Waals surface area contributed by atoms with Crippen molar-refractivity contribution in [2.45, 2.75) is 53.5 Å². The van der Waals surface area contributed by atoms with Gasteiger partial charge in [-0.1, -0.05) is 20.8 Å². The molecule has 2 nitrogen and oxygen atoms in total. The van der Waals surface area contributed by atoms with Crippen LogP contribution in [0.15, 0.2) is 0 Å². The normalized spacial score (nSPS) is 31.7. The third-order valence-electron chi connectivity index (χ3n) is 4.66. The summed E-state index contributed by atoms with van der Waals surface area (Å²) in [6.07, 6.45) is 2.84. The highest BCUT2D eigenvalue weighted by molar-refractivity contribution is 4.88. The van der Waals surface area contributed by atoms with Crippen molar-refractivity contribution in [2.75, 3.05) is 32.7 Å². The molecule has 0 amide bonds. The van der Waals surface area contributed by atoms with E-state index in [1.165, 1.54) is 45.6 Å². The molecule has 0 N–H and O–H groups in total. The molecule has 0 bridgehead atoms. The number of piperidine rings is 2. The van der Waals surface area contributed by atoms with Gasteiger partial charge in [-0.15, -0.1) is 0 Å². The van der Waals surface area contributed by atoms with Crippen LogP contribution in [0, 0.1) is 17.3 Å². The highest BCUT2D eigenvalue weighted by atomic mass is 15.2. The molecule has 2 heterocycles. The monoisotopic (exact) mass is 252 g/mol. The Bertz CT molecular complexity index is 267. The van der Waals surface area contributed by atoms with E-state index in [2.05, 4.69) is 44.4 Å². The van der Waals surface area contributed by atoms with Gasteiger partial charge in [-0.2, -0.15) is 0 Å².